The third-order valence-electron chi connectivity index (χ3n) is 3.18. The van der Waals surface area contributed by atoms with Crippen LogP contribution in [0.25, 0.3) is 11.4 Å². The molecule has 126 valence electrons. The first-order valence-electron chi connectivity index (χ1n) is 7.09. The van der Waals surface area contributed by atoms with E-state index in [2.05, 4.69) is 36.7 Å². The first-order chi connectivity index (χ1) is 12.0. The molecular weight excluding hydrogens is 392 g/mol. The van der Waals surface area contributed by atoms with Gasteiger partial charge in [-0.25, -0.2) is 0 Å². The summed E-state index contributed by atoms with van der Waals surface area (Å²) < 4.78 is 0.931. The number of nitro groups is 1. The highest BCUT2D eigenvalue weighted by Gasteiger charge is 2.11. The maximum atomic E-state index is 12.0. The Morgan fingerprint density at radius 3 is 2.72 bits per heavy atom. The summed E-state index contributed by atoms with van der Waals surface area (Å²) in [5.41, 5.74) is 0.996. The highest BCUT2D eigenvalue weighted by atomic mass is 79.9. The van der Waals surface area contributed by atoms with Crippen LogP contribution in [0, 0.1) is 10.1 Å². The molecule has 0 atom stereocenters. The standard InChI is InChI=1S/C15H11BrN6O3/c16-11-6-4-10(5-7-11)15-18-20-21(19-15)9-14(23)17-12-2-1-3-13(8-12)22(24)25/h1-8H,9H2,(H,17,23). The molecule has 0 bridgehead atoms. The number of hydrogen-bond donors (Lipinski definition) is 1. The normalized spacial score (nSPS) is 10.4. The van der Waals surface area contributed by atoms with Crippen molar-refractivity contribution in [2.24, 2.45) is 0 Å². The zero-order valence-corrected chi connectivity index (χ0v) is 14.3. The second kappa shape index (κ2) is 7.18. The molecule has 3 aromatic rings. The molecule has 0 fully saturated rings. The number of rotatable bonds is 5. The van der Waals surface area contributed by atoms with E-state index in [9.17, 15) is 14.9 Å². The van der Waals surface area contributed by atoms with Crippen LogP contribution in [-0.2, 0) is 11.3 Å². The maximum Gasteiger partial charge on any atom is 0.271 e. The van der Waals surface area contributed by atoms with Crippen molar-refractivity contribution < 1.29 is 9.72 Å². The highest BCUT2D eigenvalue weighted by molar-refractivity contribution is 9.10. The molecule has 25 heavy (non-hydrogen) atoms. The molecule has 0 aliphatic heterocycles. The topological polar surface area (TPSA) is 116 Å². The van der Waals surface area contributed by atoms with Gasteiger partial charge in [0, 0.05) is 27.9 Å². The lowest BCUT2D eigenvalue weighted by Crippen LogP contribution is -2.20. The third kappa shape index (κ3) is 4.23. The SMILES string of the molecule is O=C(Cn1nnc(-c2ccc(Br)cc2)n1)Nc1cccc([N+](=O)[O-])c1. The van der Waals surface area contributed by atoms with E-state index in [0.29, 0.717) is 11.5 Å². The maximum absolute atomic E-state index is 12.0. The molecular formula is C15H11BrN6O3. The predicted octanol–water partition coefficient (Wildman–Crippen LogP) is 2.65. The van der Waals surface area contributed by atoms with E-state index in [1.54, 1.807) is 6.07 Å². The van der Waals surface area contributed by atoms with E-state index in [0.717, 1.165) is 14.8 Å². The number of nitrogens with zero attached hydrogens (tertiary/aromatic N) is 5. The monoisotopic (exact) mass is 402 g/mol. The molecule has 0 radical (unpaired) electrons. The molecule has 0 unspecified atom stereocenters. The number of nitrogens with one attached hydrogen (secondary N) is 1. The zero-order chi connectivity index (χ0) is 17.8. The molecule has 10 heteroatoms. The summed E-state index contributed by atoms with van der Waals surface area (Å²) in [6, 6.07) is 13.0. The lowest BCUT2D eigenvalue weighted by Gasteiger charge is -2.04. The summed E-state index contributed by atoms with van der Waals surface area (Å²) in [6.45, 7) is -0.160. The summed E-state index contributed by atoms with van der Waals surface area (Å²) >= 11 is 3.34. The van der Waals surface area contributed by atoms with Gasteiger partial charge in [-0.1, -0.05) is 22.0 Å². The van der Waals surface area contributed by atoms with Gasteiger partial charge in [-0.15, -0.1) is 10.2 Å². The molecule has 1 amide bonds. The summed E-state index contributed by atoms with van der Waals surface area (Å²) in [5.74, 6) is -0.0177. The summed E-state index contributed by atoms with van der Waals surface area (Å²) in [6.07, 6.45) is 0. The van der Waals surface area contributed by atoms with Crippen LogP contribution >= 0.6 is 15.9 Å². The van der Waals surface area contributed by atoms with Gasteiger partial charge in [0.2, 0.25) is 11.7 Å². The Bertz CT molecular complexity index is 925. The number of carbonyl (C=O) groups is 1. The van der Waals surface area contributed by atoms with Crippen molar-refractivity contribution in [2.45, 2.75) is 6.54 Å². The minimum atomic E-state index is -0.529. The molecule has 1 N–H and O–H groups in total. The summed E-state index contributed by atoms with van der Waals surface area (Å²) in [7, 11) is 0. The van der Waals surface area contributed by atoms with Gasteiger partial charge in [0.25, 0.3) is 5.69 Å². The molecule has 2 aromatic carbocycles. The fraction of sp³-hybridized carbons (Fsp3) is 0.0667. The largest absolute Gasteiger partial charge is 0.324 e. The number of nitro benzene ring substituents is 1. The van der Waals surface area contributed by atoms with Crippen molar-refractivity contribution in [1.82, 2.24) is 20.2 Å². The average molecular weight is 403 g/mol. The number of halogens is 1. The Labute approximate surface area is 149 Å². The molecule has 0 saturated heterocycles. The Balaban J connectivity index is 1.66. The second-order valence-electron chi connectivity index (χ2n) is 5.01. The van der Waals surface area contributed by atoms with Crippen LogP contribution in [-0.4, -0.2) is 31.0 Å². The van der Waals surface area contributed by atoms with E-state index < -0.39 is 10.8 Å². The molecule has 9 nitrogen and oxygen atoms in total. The first-order valence-corrected chi connectivity index (χ1v) is 7.88. The second-order valence-corrected chi connectivity index (χ2v) is 5.92. The number of anilines is 1. The van der Waals surface area contributed by atoms with Crippen LogP contribution in [0.1, 0.15) is 0 Å². The van der Waals surface area contributed by atoms with Crippen LogP contribution in [0.3, 0.4) is 0 Å². The first kappa shape index (κ1) is 16.7. The number of tetrazole rings is 1. The van der Waals surface area contributed by atoms with Crippen molar-refractivity contribution in [3.8, 4) is 11.4 Å². The van der Waals surface area contributed by atoms with Gasteiger partial charge >= 0.3 is 0 Å². The van der Waals surface area contributed by atoms with E-state index in [4.69, 9.17) is 0 Å². The number of amides is 1. The van der Waals surface area contributed by atoms with Gasteiger partial charge in [0.15, 0.2) is 0 Å². The third-order valence-corrected chi connectivity index (χ3v) is 3.71. The number of hydrogen-bond acceptors (Lipinski definition) is 6. The predicted molar refractivity (Wildman–Crippen MR) is 92.7 cm³/mol. The Kier molecular flexibility index (Phi) is 4.80. The fourth-order valence-electron chi connectivity index (χ4n) is 2.05. The van der Waals surface area contributed by atoms with E-state index in [-0.39, 0.29) is 12.2 Å². The molecule has 0 saturated carbocycles. The van der Waals surface area contributed by atoms with Gasteiger partial charge in [-0.05, 0) is 35.5 Å². The van der Waals surface area contributed by atoms with E-state index >= 15 is 0 Å². The van der Waals surface area contributed by atoms with Crippen molar-refractivity contribution in [3.05, 3.63) is 63.1 Å². The van der Waals surface area contributed by atoms with Gasteiger partial charge in [0.05, 0.1) is 4.92 Å². The molecule has 0 aliphatic carbocycles. The van der Waals surface area contributed by atoms with Gasteiger partial charge in [-0.3, -0.25) is 14.9 Å². The average Bonchev–Trinajstić information content (AvgIpc) is 3.04. The fourth-order valence-corrected chi connectivity index (χ4v) is 2.32. The number of aromatic nitrogens is 4. The van der Waals surface area contributed by atoms with Gasteiger partial charge in [-0.2, -0.15) is 4.80 Å². The minimum Gasteiger partial charge on any atom is -0.324 e. The van der Waals surface area contributed by atoms with Crippen LogP contribution in [0.15, 0.2) is 53.0 Å². The Hall–Kier alpha value is -3.14. The van der Waals surface area contributed by atoms with Crippen molar-refractivity contribution in [2.75, 3.05) is 5.32 Å². The lowest BCUT2D eigenvalue weighted by atomic mass is 10.2. The molecule has 0 spiro atoms. The zero-order valence-electron chi connectivity index (χ0n) is 12.7. The van der Waals surface area contributed by atoms with Crippen LogP contribution in [0.4, 0.5) is 11.4 Å². The minimum absolute atomic E-state index is 0.103. The summed E-state index contributed by atoms with van der Waals surface area (Å²) in [4.78, 5) is 23.4. The molecule has 0 aliphatic rings. The Morgan fingerprint density at radius 2 is 2.00 bits per heavy atom. The van der Waals surface area contributed by atoms with Crippen molar-refractivity contribution in [1.29, 1.82) is 0 Å². The molecule has 1 heterocycles. The van der Waals surface area contributed by atoms with Crippen LogP contribution in [0.5, 0.6) is 0 Å². The van der Waals surface area contributed by atoms with Crippen molar-refractivity contribution >= 4 is 33.2 Å². The number of benzene rings is 2. The smallest absolute Gasteiger partial charge is 0.271 e. The van der Waals surface area contributed by atoms with Gasteiger partial charge in [0.1, 0.15) is 6.54 Å². The van der Waals surface area contributed by atoms with E-state index in [1.165, 1.54) is 18.2 Å². The van der Waals surface area contributed by atoms with Crippen LogP contribution < -0.4 is 5.32 Å². The van der Waals surface area contributed by atoms with Gasteiger partial charge < -0.3 is 5.32 Å². The lowest BCUT2D eigenvalue weighted by molar-refractivity contribution is -0.384. The molecule has 1 aromatic heterocycles. The quantitative estimate of drug-likeness (QED) is 0.517. The van der Waals surface area contributed by atoms with Crippen LogP contribution in [0.2, 0.25) is 0 Å². The van der Waals surface area contributed by atoms with E-state index in [1.807, 2.05) is 24.3 Å². The molecule has 3 rings (SSSR count). The highest BCUT2D eigenvalue weighted by Crippen LogP contribution is 2.18. The number of non-ortho nitro benzene ring substituents is 1. The number of carbonyl (C=O) groups excluding carboxylic acids is 1. The summed E-state index contributed by atoms with van der Waals surface area (Å²) in [5, 5.41) is 25.2. The Morgan fingerprint density at radius 1 is 1.24 bits per heavy atom. The van der Waals surface area contributed by atoms with Crippen molar-refractivity contribution in [3.63, 3.8) is 0 Å².